The molecule has 7 nitrogen and oxygen atoms in total. The molecule has 0 aromatic heterocycles. The average molecular weight is 377 g/mol. The summed E-state index contributed by atoms with van der Waals surface area (Å²) in [6.07, 6.45) is 7.80. The molecule has 1 rings (SSSR count). The fourth-order valence-electron chi connectivity index (χ4n) is 2.76. The van der Waals surface area contributed by atoms with Gasteiger partial charge >= 0.3 is 0 Å². The third-order valence-corrected chi connectivity index (χ3v) is 5.66. The number of unbranched alkanes of at least 4 members (excludes halogenated alkanes) is 2. The van der Waals surface area contributed by atoms with E-state index in [-0.39, 0.29) is 11.9 Å². The van der Waals surface area contributed by atoms with Crippen molar-refractivity contribution in [2.45, 2.75) is 70.9 Å². The zero-order valence-electron chi connectivity index (χ0n) is 16.0. The Morgan fingerprint density at radius 1 is 1.32 bits per heavy atom. The highest BCUT2D eigenvalue weighted by Crippen LogP contribution is 2.11. The summed E-state index contributed by atoms with van der Waals surface area (Å²) in [6, 6.07) is 0.316. The Balaban J connectivity index is 2.23. The smallest absolute Gasteiger partial charge is 0.213 e. The van der Waals surface area contributed by atoms with Gasteiger partial charge in [-0.15, -0.1) is 0 Å². The molecule has 0 saturated carbocycles. The summed E-state index contributed by atoms with van der Waals surface area (Å²) < 4.78 is 32.3. The molecule has 0 aliphatic carbocycles. The molecule has 0 amide bonds. The van der Waals surface area contributed by atoms with Crippen LogP contribution < -0.4 is 15.4 Å². The minimum Gasteiger partial charge on any atom is -0.377 e. The van der Waals surface area contributed by atoms with Crippen LogP contribution in [0.5, 0.6) is 0 Å². The number of nitrogens with one attached hydrogen (secondary N) is 3. The van der Waals surface area contributed by atoms with Gasteiger partial charge in [0.25, 0.3) is 0 Å². The monoisotopic (exact) mass is 376 g/mol. The molecule has 0 bridgehead atoms. The third-order valence-electron chi connectivity index (χ3n) is 4.32. The molecule has 1 heterocycles. The average Bonchev–Trinajstić information content (AvgIpc) is 2.60. The minimum absolute atomic E-state index is 0.00915. The SMILES string of the molecule is CCCCCC(C)NC(=NC)NCCS(=O)(=O)NCC1CCCCO1. The largest absolute Gasteiger partial charge is 0.377 e. The first-order chi connectivity index (χ1) is 12.0. The van der Waals surface area contributed by atoms with Crippen molar-refractivity contribution >= 4 is 16.0 Å². The molecule has 0 aromatic carbocycles. The minimum atomic E-state index is -3.31. The molecule has 0 spiro atoms. The summed E-state index contributed by atoms with van der Waals surface area (Å²) in [7, 11) is -1.61. The number of rotatable bonds is 11. The quantitative estimate of drug-likeness (QED) is 0.289. The number of guanidine groups is 1. The highest BCUT2D eigenvalue weighted by molar-refractivity contribution is 7.89. The number of hydrogen-bond acceptors (Lipinski definition) is 4. The highest BCUT2D eigenvalue weighted by Gasteiger charge is 2.17. The van der Waals surface area contributed by atoms with Crippen molar-refractivity contribution in [3.63, 3.8) is 0 Å². The van der Waals surface area contributed by atoms with Crippen molar-refractivity contribution in [1.82, 2.24) is 15.4 Å². The molecule has 25 heavy (non-hydrogen) atoms. The predicted octanol–water partition coefficient (Wildman–Crippen LogP) is 1.61. The van der Waals surface area contributed by atoms with Gasteiger partial charge in [0.2, 0.25) is 10.0 Å². The fraction of sp³-hybridized carbons (Fsp3) is 0.941. The lowest BCUT2D eigenvalue weighted by Crippen LogP contribution is -2.45. The Labute approximate surface area is 153 Å². The molecule has 2 atom stereocenters. The van der Waals surface area contributed by atoms with Crippen molar-refractivity contribution in [1.29, 1.82) is 0 Å². The molecular weight excluding hydrogens is 340 g/mol. The molecular formula is C17H36N4O3S. The standard InChI is InChI=1S/C17H36N4O3S/c1-4-5-6-9-15(2)21-17(18-3)19-11-13-25(22,23)20-14-16-10-7-8-12-24-16/h15-16,20H,4-14H2,1-3H3,(H2,18,19,21). The zero-order valence-corrected chi connectivity index (χ0v) is 16.8. The molecule has 1 fully saturated rings. The third kappa shape index (κ3) is 10.7. The summed E-state index contributed by atoms with van der Waals surface area (Å²) in [5.74, 6) is 0.666. The molecule has 0 radical (unpaired) electrons. The van der Waals surface area contributed by atoms with E-state index in [1.807, 2.05) is 0 Å². The second kappa shape index (κ2) is 12.5. The first kappa shape index (κ1) is 22.2. The lowest BCUT2D eigenvalue weighted by molar-refractivity contribution is 0.0200. The maximum absolute atomic E-state index is 12.1. The van der Waals surface area contributed by atoms with Crippen LogP contribution in [0.4, 0.5) is 0 Å². The van der Waals surface area contributed by atoms with Crippen LogP contribution in [0.25, 0.3) is 0 Å². The van der Waals surface area contributed by atoms with Crippen LogP contribution in [-0.4, -0.2) is 59.0 Å². The Hall–Kier alpha value is -0.860. The van der Waals surface area contributed by atoms with Crippen LogP contribution in [0.3, 0.4) is 0 Å². The maximum Gasteiger partial charge on any atom is 0.213 e. The van der Waals surface area contributed by atoms with Gasteiger partial charge in [0.1, 0.15) is 0 Å². The summed E-state index contributed by atoms with van der Waals surface area (Å²) in [6.45, 7) is 5.72. The first-order valence-corrected chi connectivity index (χ1v) is 11.2. The van der Waals surface area contributed by atoms with Crippen LogP contribution >= 0.6 is 0 Å². The molecule has 0 aromatic rings. The van der Waals surface area contributed by atoms with Gasteiger partial charge in [0.05, 0.1) is 11.9 Å². The van der Waals surface area contributed by atoms with E-state index in [9.17, 15) is 8.42 Å². The maximum atomic E-state index is 12.1. The van der Waals surface area contributed by atoms with Crippen molar-refractivity contribution in [3.8, 4) is 0 Å². The van der Waals surface area contributed by atoms with Crippen molar-refractivity contribution < 1.29 is 13.2 Å². The normalized spacial score (nSPS) is 20.3. The molecule has 1 aliphatic heterocycles. The van der Waals surface area contributed by atoms with Crippen molar-refractivity contribution in [3.05, 3.63) is 0 Å². The molecule has 3 N–H and O–H groups in total. The van der Waals surface area contributed by atoms with Crippen LogP contribution in [0.15, 0.2) is 4.99 Å². The van der Waals surface area contributed by atoms with E-state index in [0.717, 1.165) is 32.3 Å². The fourth-order valence-corrected chi connectivity index (χ4v) is 3.72. The van der Waals surface area contributed by atoms with Gasteiger partial charge in [-0.05, 0) is 32.6 Å². The van der Waals surface area contributed by atoms with Crippen LogP contribution in [-0.2, 0) is 14.8 Å². The number of hydrogen-bond donors (Lipinski definition) is 3. The number of nitrogens with zero attached hydrogens (tertiary/aromatic N) is 1. The van der Waals surface area contributed by atoms with Gasteiger partial charge in [-0.1, -0.05) is 26.2 Å². The topological polar surface area (TPSA) is 91.8 Å². The van der Waals surface area contributed by atoms with Gasteiger partial charge in [0.15, 0.2) is 5.96 Å². The van der Waals surface area contributed by atoms with Gasteiger partial charge in [0, 0.05) is 32.8 Å². The lowest BCUT2D eigenvalue weighted by Gasteiger charge is -2.22. The molecule has 1 aliphatic rings. The number of aliphatic imine (C=N–C) groups is 1. The summed E-state index contributed by atoms with van der Waals surface area (Å²) in [5, 5.41) is 6.37. The Kier molecular flexibility index (Phi) is 11.1. The highest BCUT2D eigenvalue weighted by atomic mass is 32.2. The molecule has 8 heteroatoms. The molecule has 148 valence electrons. The summed E-state index contributed by atoms with van der Waals surface area (Å²) >= 11 is 0. The number of ether oxygens (including phenoxy) is 1. The van der Waals surface area contributed by atoms with E-state index in [1.54, 1.807) is 7.05 Å². The van der Waals surface area contributed by atoms with Crippen LogP contribution in [0, 0.1) is 0 Å². The zero-order chi connectivity index (χ0) is 18.5. The van der Waals surface area contributed by atoms with E-state index in [4.69, 9.17) is 4.74 Å². The lowest BCUT2D eigenvalue weighted by atomic mass is 10.1. The van der Waals surface area contributed by atoms with E-state index in [0.29, 0.717) is 25.1 Å². The van der Waals surface area contributed by atoms with Gasteiger partial charge in [-0.3, -0.25) is 4.99 Å². The van der Waals surface area contributed by atoms with Gasteiger partial charge in [-0.2, -0.15) is 0 Å². The first-order valence-electron chi connectivity index (χ1n) is 9.53. The van der Waals surface area contributed by atoms with E-state index >= 15 is 0 Å². The van der Waals surface area contributed by atoms with E-state index in [2.05, 4.69) is 34.2 Å². The summed E-state index contributed by atoms with van der Waals surface area (Å²) in [4.78, 5) is 4.15. The van der Waals surface area contributed by atoms with Crippen molar-refractivity contribution in [2.24, 2.45) is 4.99 Å². The second-order valence-corrected chi connectivity index (χ2v) is 8.62. The Morgan fingerprint density at radius 3 is 2.76 bits per heavy atom. The predicted molar refractivity (Wildman–Crippen MR) is 103 cm³/mol. The Morgan fingerprint density at radius 2 is 2.12 bits per heavy atom. The van der Waals surface area contributed by atoms with Crippen LogP contribution in [0.2, 0.25) is 0 Å². The second-order valence-electron chi connectivity index (χ2n) is 6.70. The summed E-state index contributed by atoms with van der Waals surface area (Å²) in [5.41, 5.74) is 0. The Bertz CT molecular complexity index is 476. The van der Waals surface area contributed by atoms with Crippen LogP contribution in [0.1, 0.15) is 58.8 Å². The van der Waals surface area contributed by atoms with Crippen molar-refractivity contribution in [2.75, 3.05) is 32.5 Å². The van der Waals surface area contributed by atoms with Gasteiger partial charge < -0.3 is 15.4 Å². The van der Waals surface area contributed by atoms with Gasteiger partial charge in [-0.25, -0.2) is 13.1 Å². The molecule has 1 saturated heterocycles. The van der Waals surface area contributed by atoms with E-state index < -0.39 is 10.0 Å². The molecule has 2 unspecified atom stereocenters. The van der Waals surface area contributed by atoms with E-state index in [1.165, 1.54) is 19.3 Å². The number of sulfonamides is 1.